The molecule has 0 bridgehead atoms. The Bertz CT molecular complexity index is 853. The summed E-state index contributed by atoms with van der Waals surface area (Å²) in [6, 6.07) is 6.87. The molecule has 0 aliphatic carbocycles. The van der Waals surface area contributed by atoms with Crippen molar-refractivity contribution < 1.29 is 19.0 Å². The van der Waals surface area contributed by atoms with Crippen LogP contribution >= 0.6 is 0 Å². The lowest BCUT2D eigenvalue weighted by Gasteiger charge is -2.13. The summed E-state index contributed by atoms with van der Waals surface area (Å²) < 4.78 is 17.1. The molecular weight excluding hydrogens is 310 g/mol. The molecule has 0 amide bonds. The summed E-state index contributed by atoms with van der Waals surface area (Å²) in [5.74, 6) is 0.678. The molecule has 0 unspecified atom stereocenters. The molecule has 0 N–H and O–H groups in total. The number of aromatic nitrogens is 1. The Balaban J connectivity index is 2.22. The molecule has 1 aliphatic heterocycles. The van der Waals surface area contributed by atoms with Crippen molar-refractivity contribution in [2.75, 3.05) is 21.3 Å². The van der Waals surface area contributed by atoms with E-state index >= 15 is 0 Å². The number of carbonyl (C=O) groups excluding carboxylic acids is 1. The van der Waals surface area contributed by atoms with Crippen molar-refractivity contribution in [1.29, 1.82) is 0 Å². The molecule has 0 radical (unpaired) electrons. The zero-order valence-electron chi connectivity index (χ0n) is 13.9. The number of nitrogens with zero attached hydrogens (tertiary/aromatic N) is 1. The van der Waals surface area contributed by atoms with E-state index < -0.39 is 5.97 Å². The standard InChI is InChI=1S/C18H19NO5/c1-22-15-7-6-11(9-16(15)23-2)12-10-13(18(21)24-3)14-5-4-8-19(14)17(12)20/h6-7,9-10H,4-5,8H2,1-3H3. The van der Waals surface area contributed by atoms with Crippen molar-refractivity contribution in [3.8, 4) is 22.6 Å². The van der Waals surface area contributed by atoms with Crippen LogP contribution in [0.3, 0.4) is 0 Å². The lowest BCUT2D eigenvalue weighted by atomic mass is 10.0. The second-order valence-corrected chi connectivity index (χ2v) is 5.54. The Labute approximate surface area is 139 Å². The number of fused-ring (bicyclic) bond motifs is 1. The van der Waals surface area contributed by atoms with Crippen LogP contribution in [0.4, 0.5) is 0 Å². The van der Waals surface area contributed by atoms with Crippen molar-refractivity contribution in [2.45, 2.75) is 19.4 Å². The molecule has 6 heteroatoms. The predicted octanol–water partition coefficient (Wildman–Crippen LogP) is 2.27. The fraction of sp³-hybridized carbons (Fsp3) is 0.333. The number of hydrogen-bond acceptors (Lipinski definition) is 5. The summed E-state index contributed by atoms with van der Waals surface area (Å²) in [7, 11) is 4.43. The van der Waals surface area contributed by atoms with E-state index in [1.165, 1.54) is 14.2 Å². The van der Waals surface area contributed by atoms with Crippen LogP contribution in [-0.2, 0) is 17.7 Å². The van der Waals surface area contributed by atoms with E-state index in [1.807, 2.05) is 0 Å². The maximum absolute atomic E-state index is 12.8. The quantitative estimate of drug-likeness (QED) is 0.805. The van der Waals surface area contributed by atoms with Gasteiger partial charge in [-0.05, 0) is 36.6 Å². The van der Waals surface area contributed by atoms with Crippen LogP contribution in [0.25, 0.3) is 11.1 Å². The van der Waals surface area contributed by atoms with Gasteiger partial charge in [-0.15, -0.1) is 0 Å². The molecule has 2 heterocycles. The molecule has 1 aromatic carbocycles. The van der Waals surface area contributed by atoms with Gasteiger partial charge in [0, 0.05) is 17.8 Å². The Hall–Kier alpha value is -2.76. The van der Waals surface area contributed by atoms with Crippen molar-refractivity contribution in [2.24, 2.45) is 0 Å². The molecule has 2 aromatic rings. The number of esters is 1. The van der Waals surface area contributed by atoms with Crippen molar-refractivity contribution in [3.05, 3.63) is 45.9 Å². The molecule has 1 aliphatic rings. The third-order valence-electron chi connectivity index (χ3n) is 4.30. The Morgan fingerprint density at radius 3 is 2.50 bits per heavy atom. The van der Waals surface area contributed by atoms with Gasteiger partial charge < -0.3 is 18.8 Å². The van der Waals surface area contributed by atoms with Crippen molar-refractivity contribution in [1.82, 2.24) is 4.57 Å². The van der Waals surface area contributed by atoms with Gasteiger partial charge in [0.25, 0.3) is 5.56 Å². The molecule has 0 saturated heterocycles. The monoisotopic (exact) mass is 329 g/mol. The first-order chi connectivity index (χ1) is 11.6. The van der Waals surface area contributed by atoms with Gasteiger partial charge >= 0.3 is 5.97 Å². The SMILES string of the molecule is COC(=O)c1cc(-c2ccc(OC)c(OC)c2)c(=O)n2c1CCC2. The zero-order chi connectivity index (χ0) is 17.3. The Kier molecular flexibility index (Phi) is 4.29. The van der Waals surface area contributed by atoms with Crippen molar-refractivity contribution >= 4 is 5.97 Å². The van der Waals surface area contributed by atoms with E-state index in [2.05, 4.69) is 0 Å². The van der Waals surface area contributed by atoms with E-state index in [-0.39, 0.29) is 5.56 Å². The van der Waals surface area contributed by atoms with E-state index in [9.17, 15) is 9.59 Å². The van der Waals surface area contributed by atoms with Gasteiger partial charge in [-0.3, -0.25) is 4.79 Å². The maximum atomic E-state index is 12.8. The lowest BCUT2D eigenvalue weighted by Crippen LogP contribution is -2.24. The van der Waals surface area contributed by atoms with Crippen LogP contribution in [-0.4, -0.2) is 31.9 Å². The molecular formula is C18H19NO5. The Morgan fingerprint density at radius 1 is 1.08 bits per heavy atom. The van der Waals surface area contributed by atoms with Crippen LogP contribution in [0, 0.1) is 0 Å². The van der Waals surface area contributed by atoms with Crippen LogP contribution in [0.2, 0.25) is 0 Å². The highest BCUT2D eigenvalue weighted by Crippen LogP contribution is 2.32. The lowest BCUT2D eigenvalue weighted by molar-refractivity contribution is 0.0598. The van der Waals surface area contributed by atoms with E-state index in [0.717, 1.165) is 12.1 Å². The van der Waals surface area contributed by atoms with Gasteiger partial charge in [0.05, 0.1) is 26.9 Å². The number of benzene rings is 1. The van der Waals surface area contributed by atoms with Crippen molar-refractivity contribution in [3.63, 3.8) is 0 Å². The molecule has 6 nitrogen and oxygen atoms in total. The molecule has 24 heavy (non-hydrogen) atoms. The number of pyridine rings is 1. The first kappa shape index (κ1) is 16.1. The van der Waals surface area contributed by atoms with Crippen LogP contribution < -0.4 is 15.0 Å². The fourth-order valence-corrected chi connectivity index (χ4v) is 3.11. The number of methoxy groups -OCH3 is 3. The molecule has 126 valence electrons. The second-order valence-electron chi connectivity index (χ2n) is 5.54. The number of rotatable bonds is 4. The molecule has 0 atom stereocenters. The largest absolute Gasteiger partial charge is 0.493 e. The summed E-state index contributed by atoms with van der Waals surface area (Å²) in [5, 5.41) is 0. The number of carbonyl (C=O) groups is 1. The first-order valence-corrected chi connectivity index (χ1v) is 7.68. The van der Waals surface area contributed by atoms with E-state index in [0.29, 0.717) is 41.2 Å². The average Bonchev–Trinajstić information content (AvgIpc) is 3.11. The highest BCUT2D eigenvalue weighted by molar-refractivity contribution is 5.92. The zero-order valence-corrected chi connectivity index (χ0v) is 13.9. The van der Waals surface area contributed by atoms with Crippen LogP contribution in [0.5, 0.6) is 11.5 Å². The number of hydrogen-bond donors (Lipinski definition) is 0. The second kappa shape index (κ2) is 6.39. The topological polar surface area (TPSA) is 66.8 Å². The summed E-state index contributed by atoms with van der Waals surface area (Å²) in [5.41, 5.74) is 2.20. The minimum atomic E-state index is -0.428. The number of ether oxygens (including phenoxy) is 3. The van der Waals surface area contributed by atoms with Crippen LogP contribution in [0.1, 0.15) is 22.5 Å². The molecule has 3 rings (SSSR count). The summed E-state index contributed by atoms with van der Waals surface area (Å²) in [6.07, 6.45) is 1.54. The molecule has 1 aromatic heterocycles. The van der Waals surface area contributed by atoms with Gasteiger partial charge in [-0.2, -0.15) is 0 Å². The predicted molar refractivity (Wildman–Crippen MR) is 88.9 cm³/mol. The highest BCUT2D eigenvalue weighted by atomic mass is 16.5. The molecule has 0 fully saturated rings. The molecule has 0 saturated carbocycles. The smallest absolute Gasteiger partial charge is 0.339 e. The summed E-state index contributed by atoms with van der Waals surface area (Å²) in [4.78, 5) is 24.9. The van der Waals surface area contributed by atoms with E-state index in [1.54, 1.807) is 35.9 Å². The van der Waals surface area contributed by atoms with Crippen LogP contribution in [0.15, 0.2) is 29.1 Å². The van der Waals surface area contributed by atoms with E-state index in [4.69, 9.17) is 14.2 Å². The first-order valence-electron chi connectivity index (χ1n) is 7.68. The minimum absolute atomic E-state index is 0.109. The summed E-state index contributed by atoms with van der Waals surface area (Å²) >= 11 is 0. The maximum Gasteiger partial charge on any atom is 0.339 e. The third-order valence-corrected chi connectivity index (χ3v) is 4.30. The highest BCUT2D eigenvalue weighted by Gasteiger charge is 2.24. The van der Waals surface area contributed by atoms with Gasteiger partial charge in [0.1, 0.15) is 0 Å². The third kappa shape index (κ3) is 2.54. The van der Waals surface area contributed by atoms with Gasteiger partial charge in [-0.1, -0.05) is 6.07 Å². The normalized spacial score (nSPS) is 12.6. The van der Waals surface area contributed by atoms with Gasteiger partial charge in [0.15, 0.2) is 11.5 Å². The van der Waals surface area contributed by atoms with Gasteiger partial charge in [0.2, 0.25) is 0 Å². The fourth-order valence-electron chi connectivity index (χ4n) is 3.11. The van der Waals surface area contributed by atoms with Gasteiger partial charge in [-0.25, -0.2) is 4.79 Å². The molecule has 0 spiro atoms. The average molecular weight is 329 g/mol. The minimum Gasteiger partial charge on any atom is -0.493 e. The summed E-state index contributed by atoms with van der Waals surface area (Å²) in [6.45, 7) is 0.610. The Morgan fingerprint density at radius 2 is 1.83 bits per heavy atom.